The molecule has 1 atom stereocenters. The van der Waals surface area contributed by atoms with Crippen LogP contribution in [0.15, 0.2) is 72.1 Å². The van der Waals surface area contributed by atoms with Gasteiger partial charge in [0.25, 0.3) is 5.91 Å². The summed E-state index contributed by atoms with van der Waals surface area (Å²) in [4.78, 5) is 31.4. The van der Waals surface area contributed by atoms with Gasteiger partial charge in [0.15, 0.2) is 0 Å². The summed E-state index contributed by atoms with van der Waals surface area (Å²) in [5, 5.41) is 6.19. The zero-order chi connectivity index (χ0) is 25.1. The molecule has 186 valence electrons. The van der Waals surface area contributed by atoms with E-state index in [1.807, 2.05) is 60.0 Å². The van der Waals surface area contributed by atoms with Gasteiger partial charge in [-0.2, -0.15) is 0 Å². The average Bonchev–Trinajstić information content (AvgIpc) is 3.48. The van der Waals surface area contributed by atoms with Gasteiger partial charge in [0.2, 0.25) is 0 Å². The highest BCUT2D eigenvalue weighted by atomic mass is 32.1. The topological polar surface area (TPSA) is 57.6 Å². The number of hydrogen-bond acceptors (Lipinski definition) is 3. The fourth-order valence-electron chi connectivity index (χ4n) is 4.90. The number of fused-ring (bicyclic) bond motifs is 1. The Hall–Kier alpha value is -3.58. The third kappa shape index (κ3) is 5.16. The molecule has 1 aliphatic rings. The number of aromatic nitrogens is 1. The van der Waals surface area contributed by atoms with E-state index in [1.165, 1.54) is 5.56 Å². The summed E-state index contributed by atoms with van der Waals surface area (Å²) in [5.74, 6) is 0.0450. The average molecular weight is 501 g/mol. The summed E-state index contributed by atoms with van der Waals surface area (Å²) in [6, 6.07) is 22.2. The van der Waals surface area contributed by atoms with Crippen LogP contribution < -0.4 is 5.32 Å². The summed E-state index contributed by atoms with van der Waals surface area (Å²) in [6.07, 6.45) is 1.95. The van der Waals surface area contributed by atoms with Crippen molar-refractivity contribution in [3.05, 3.63) is 88.9 Å². The van der Waals surface area contributed by atoms with Gasteiger partial charge >= 0.3 is 6.03 Å². The summed E-state index contributed by atoms with van der Waals surface area (Å²) in [5.41, 5.74) is 3.99. The predicted molar refractivity (Wildman–Crippen MR) is 147 cm³/mol. The summed E-state index contributed by atoms with van der Waals surface area (Å²) < 4.78 is 2.19. The van der Waals surface area contributed by atoms with Crippen LogP contribution in [0, 0.1) is 6.92 Å². The SMILES string of the molecule is Cc1ccc(NC(=O)N2CCN(C(=O)c3cc4ccsc4n3CCCc3ccccc3)C[C@@H]2C)cc1. The van der Waals surface area contributed by atoms with Gasteiger partial charge in [-0.1, -0.05) is 48.0 Å². The molecule has 0 aliphatic carbocycles. The number of benzene rings is 2. The number of amides is 3. The fraction of sp³-hybridized carbons (Fsp3) is 0.310. The van der Waals surface area contributed by atoms with Gasteiger partial charge in [0, 0.05) is 43.3 Å². The zero-order valence-electron chi connectivity index (χ0n) is 20.8. The molecule has 7 heteroatoms. The number of anilines is 1. The highest BCUT2D eigenvalue weighted by Crippen LogP contribution is 2.27. The molecule has 4 aromatic rings. The fourth-order valence-corrected chi connectivity index (χ4v) is 5.82. The first kappa shape index (κ1) is 24.1. The normalized spacial score (nSPS) is 15.9. The lowest BCUT2D eigenvalue weighted by Crippen LogP contribution is -2.56. The van der Waals surface area contributed by atoms with Crippen LogP contribution in [0.1, 0.15) is 35.0 Å². The Morgan fingerprint density at radius 2 is 1.81 bits per heavy atom. The molecule has 0 saturated carbocycles. The lowest BCUT2D eigenvalue weighted by atomic mass is 10.1. The number of carbonyl (C=O) groups excluding carboxylic acids is 2. The molecule has 0 spiro atoms. The molecule has 0 unspecified atom stereocenters. The lowest BCUT2D eigenvalue weighted by molar-refractivity contribution is 0.0582. The molecule has 5 rings (SSSR count). The third-order valence-electron chi connectivity index (χ3n) is 6.89. The second-order valence-electron chi connectivity index (χ2n) is 9.54. The maximum atomic E-state index is 13.7. The van der Waals surface area contributed by atoms with E-state index >= 15 is 0 Å². The van der Waals surface area contributed by atoms with E-state index in [2.05, 4.69) is 45.6 Å². The predicted octanol–water partition coefficient (Wildman–Crippen LogP) is 6.02. The van der Waals surface area contributed by atoms with Gasteiger partial charge in [-0.3, -0.25) is 4.79 Å². The number of urea groups is 1. The summed E-state index contributed by atoms with van der Waals surface area (Å²) >= 11 is 1.68. The van der Waals surface area contributed by atoms with E-state index in [0.29, 0.717) is 19.6 Å². The van der Waals surface area contributed by atoms with Crippen LogP contribution in [0.25, 0.3) is 10.2 Å². The summed E-state index contributed by atoms with van der Waals surface area (Å²) in [7, 11) is 0. The molecule has 0 radical (unpaired) electrons. The highest BCUT2D eigenvalue weighted by Gasteiger charge is 2.31. The number of carbonyl (C=O) groups is 2. The number of rotatable bonds is 6. The van der Waals surface area contributed by atoms with Crippen molar-refractivity contribution in [3.8, 4) is 0 Å². The molecule has 1 aliphatic heterocycles. The Labute approximate surface area is 216 Å². The van der Waals surface area contributed by atoms with E-state index in [9.17, 15) is 9.59 Å². The van der Waals surface area contributed by atoms with Crippen molar-refractivity contribution < 1.29 is 9.59 Å². The van der Waals surface area contributed by atoms with Crippen molar-refractivity contribution in [2.24, 2.45) is 0 Å². The first-order chi connectivity index (χ1) is 17.5. The molecule has 6 nitrogen and oxygen atoms in total. The molecule has 0 bridgehead atoms. The van der Waals surface area contributed by atoms with Gasteiger partial charge in [-0.15, -0.1) is 11.3 Å². The molecule has 1 N–H and O–H groups in total. The number of nitrogens with zero attached hydrogens (tertiary/aromatic N) is 3. The number of piperazine rings is 1. The van der Waals surface area contributed by atoms with Gasteiger partial charge < -0.3 is 19.7 Å². The minimum Gasteiger partial charge on any atom is -0.334 e. The van der Waals surface area contributed by atoms with Crippen LogP contribution in [0.3, 0.4) is 0 Å². The van der Waals surface area contributed by atoms with Crippen molar-refractivity contribution in [1.82, 2.24) is 14.4 Å². The van der Waals surface area contributed by atoms with E-state index in [0.717, 1.165) is 46.5 Å². The first-order valence-corrected chi connectivity index (χ1v) is 13.4. The molecular formula is C29H32N4O2S. The molecule has 2 aromatic heterocycles. The van der Waals surface area contributed by atoms with Crippen molar-refractivity contribution in [3.63, 3.8) is 0 Å². The second-order valence-corrected chi connectivity index (χ2v) is 10.4. The molecule has 2 aromatic carbocycles. The zero-order valence-corrected chi connectivity index (χ0v) is 21.6. The highest BCUT2D eigenvalue weighted by molar-refractivity contribution is 7.16. The van der Waals surface area contributed by atoms with Gasteiger partial charge in [-0.25, -0.2) is 4.79 Å². The minimum absolute atomic E-state index is 0.0450. The van der Waals surface area contributed by atoms with Crippen LogP contribution in [0.4, 0.5) is 10.5 Å². The molecular weight excluding hydrogens is 468 g/mol. The molecule has 3 heterocycles. The van der Waals surface area contributed by atoms with E-state index in [4.69, 9.17) is 0 Å². The second kappa shape index (κ2) is 10.6. The molecule has 36 heavy (non-hydrogen) atoms. The van der Waals surface area contributed by atoms with Gasteiger partial charge in [0.05, 0.1) is 0 Å². The van der Waals surface area contributed by atoms with Crippen molar-refractivity contribution in [2.75, 3.05) is 25.0 Å². The quantitative estimate of drug-likeness (QED) is 0.352. The first-order valence-electron chi connectivity index (χ1n) is 12.5. The third-order valence-corrected chi connectivity index (χ3v) is 7.84. The van der Waals surface area contributed by atoms with Crippen LogP contribution >= 0.6 is 11.3 Å². The van der Waals surface area contributed by atoms with Crippen molar-refractivity contribution in [1.29, 1.82) is 0 Å². The van der Waals surface area contributed by atoms with Gasteiger partial charge in [-0.05, 0) is 61.9 Å². The van der Waals surface area contributed by atoms with Gasteiger partial charge in [0.1, 0.15) is 10.5 Å². The molecule has 3 amide bonds. The van der Waals surface area contributed by atoms with E-state index in [1.54, 1.807) is 11.3 Å². The molecule has 1 saturated heterocycles. The van der Waals surface area contributed by atoms with E-state index < -0.39 is 0 Å². The van der Waals surface area contributed by atoms with Crippen LogP contribution in [-0.4, -0.2) is 52.0 Å². The number of hydrogen-bond donors (Lipinski definition) is 1. The van der Waals surface area contributed by atoms with Crippen LogP contribution in [0.5, 0.6) is 0 Å². The lowest BCUT2D eigenvalue weighted by Gasteiger charge is -2.39. The Bertz CT molecular complexity index is 1340. The molecule has 1 fully saturated rings. The number of thiophene rings is 1. The smallest absolute Gasteiger partial charge is 0.322 e. The van der Waals surface area contributed by atoms with Crippen LogP contribution in [-0.2, 0) is 13.0 Å². The Morgan fingerprint density at radius 1 is 1.03 bits per heavy atom. The van der Waals surface area contributed by atoms with Crippen molar-refractivity contribution in [2.45, 2.75) is 39.3 Å². The van der Waals surface area contributed by atoms with E-state index in [-0.39, 0.29) is 18.0 Å². The Kier molecular flexibility index (Phi) is 7.09. The standard InChI is InChI=1S/C29H32N4O2S/c1-21-10-12-25(13-11-21)30-29(35)32-17-16-31(20-22(32)2)27(34)26-19-24-14-18-36-28(24)33(26)15-6-9-23-7-4-3-5-8-23/h3-5,7-8,10-14,18-19,22H,6,9,15-17,20H2,1-2H3,(H,30,35)/t22-/m0/s1. The Balaban J connectivity index is 1.25. The monoisotopic (exact) mass is 500 g/mol. The number of nitrogens with one attached hydrogen (secondary N) is 1. The number of aryl methyl sites for hydroxylation is 3. The summed E-state index contributed by atoms with van der Waals surface area (Å²) in [6.45, 7) is 6.37. The largest absolute Gasteiger partial charge is 0.334 e. The van der Waals surface area contributed by atoms with Crippen molar-refractivity contribution >= 4 is 39.2 Å². The Morgan fingerprint density at radius 3 is 2.56 bits per heavy atom. The minimum atomic E-state index is -0.122. The maximum absolute atomic E-state index is 13.7. The maximum Gasteiger partial charge on any atom is 0.322 e. The van der Waals surface area contributed by atoms with Crippen LogP contribution in [0.2, 0.25) is 0 Å².